The number of benzene rings is 2. The number of sulfonamides is 1. The summed E-state index contributed by atoms with van der Waals surface area (Å²) in [5.74, 6) is -3.48. The second-order valence-corrected chi connectivity index (χ2v) is 8.76. The SMILES string of the molecule is CC1CC(=O)N(CC(F)(F)F)c2ccc(CNS(=O)(=O)c3ccc(F)c(F)c3)cc21. The highest BCUT2D eigenvalue weighted by Gasteiger charge is 2.38. The summed E-state index contributed by atoms with van der Waals surface area (Å²) < 4.78 is 91.6. The van der Waals surface area contributed by atoms with Crippen LogP contribution in [0.15, 0.2) is 41.3 Å². The Hall–Kier alpha value is -2.53. The minimum atomic E-state index is -4.56. The van der Waals surface area contributed by atoms with Gasteiger partial charge >= 0.3 is 6.18 Å². The number of fused-ring (bicyclic) bond motifs is 1. The van der Waals surface area contributed by atoms with Crippen LogP contribution in [0.1, 0.15) is 30.4 Å². The first kappa shape index (κ1) is 22.2. The van der Waals surface area contributed by atoms with E-state index >= 15 is 0 Å². The van der Waals surface area contributed by atoms with E-state index in [-0.39, 0.29) is 24.6 Å². The van der Waals surface area contributed by atoms with E-state index < -0.39 is 45.2 Å². The molecule has 0 fully saturated rings. The first-order valence-corrected chi connectivity index (χ1v) is 10.3. The lowest BCUT2D eigenvalue weighted by Crippen LogP contribution is -2.42. The van der Waals surface area contributed by atoms with Crippen LogP contribution in [0.25, 0.3) is 0 Å². The number of alkyl halides is 3. The van der Waals surface area contributed by atoms with Crippen molar-refractivity contribution in [3.05, 3.63) is 59.2 Å². The van der Waals surface area contributed by atoms with E-state index in [1.54, 1.807) is 6.92 Å². The van der Waals surface area contributed by atoms with Gasteiger partial charge in [-0.05, 0) is 41.3 Å². The molecule has 2 aromatic carbocycles. The average Bonchev–Trinajstić information content (AvgIpc) is 2.65. The van der Waals surface area contributed by atoms with Crippen molar-refractivity contribution in [2.45, 2.75) is 36.9 Å². The number of amides is 1. The lowest BCUT2D eigenvalue weighted by atomic mass is 9.89. The summed E-state index contributed by atoms with van der Waals surface area (Å²) in [6.45, 7) is 0.0547. The van der Waals surface area contributed by atoms with Crippen LogP contribution in [0, 0.1) is 11.6 Å². The zero-order valence-corrected chi connectivity index (χ0v) is 16.4. The van der Waals surface area contributed by atoms with Gasteiger partial charge in [-0.15, -0.1) is 0 Å². The molecule has 1 N–H and O–H groups in total. The van der Waals surface area contributed by atoms with E-state index in [0.29, 0.717) is 28.2 Å². The Morgan fingerprint density at radius 2 is 1.80 bits per heavy atom. The number of hydrogen-bond donors (Lipinski definition) is 1. The third-order valence-corrected chi connectivity index (χ3v) is 6.10. The summed E-state index contributed by atoms with van der Waals surface area (Å²) in [5.41, 5.74) is 1.06. The number of anilines is 1. The number of halogens is 5. The van der Waals surface area contributed by atoms with E-state index in [4.69, 9.17) is 0 Å². The summed E-state index contributed by atoms with van der Waals surface area (Å²) in [6, 6.07) is 6.43. The normalized spacial score (nSPS) is 17.2. The number of carbonyl (C=O) groups is 1. The highest BCUT2D eigenvalue weighted by Crippen LogP contribution is 2.37. The van der Waals surface area contributed by atoms with Gasteiger partial charge in [-0.1, -0.05) is 19.1 Å². The van der Waals surface area contributed by atoms with Crippen LogP contribution in [-0.2, 0) is 21.4 Å². The molecular weight excluding hydrogens is 431 g/mol. The molecule has 162 valence electrons. The first-order valence-electron chi connectivity index (χ1n) is 8.82. The third kappa shape index (κ3) is 4.78. The topological polar surface area (TPSA) is 66.5 Å². The Balaban J connectivity index is 1.83. The number of nitrogens with one attached hydrogen (secondary N) is 1. The molecule has 0 saturated heterocycles. The number of nitrogens with zero attached hydrogens (tertiary/aromatic N) is 1. The van der Waals surface area contributed by atoms with Gasteiger partial charge in [-0.25, -0.2) is 21.9 Å². The van der Waals surface area contributed by atoms with E-state index in [1.807, 2.05) is 0 Å². The molecule has 0 bridgehead atoms. The van der Waals surface area contributed by atoms with Crippen LogP contribution in [0.4, 0.5) is 27.6 Å². The predicted molar refractivity (Wildman–Crippen MR) is 98.3 cm³/mol. The lowest BCUT2D eigenvalue weighted by molar-refractivity contribution is -0.133. The van der Waals surface area contributed by atoms with Crippen molar-refractivity contribution in [3.63, 3.8) is 0 Å². The molecule has 1 heterocycles. The smallest absolute Gasteiger partial charge is 0.303 e. The summed E-state index contributed by atoms with van der Waals surface area (Å²) in [5, 5.41) is 0. The van der Waals surface area contributed by atoms with Gasteiger partial charge in [-0.2, -0.15) is 13.2 Å². The van der Waals surface area contributed by atoms with Crippen molar-refractivity contribution < 1.29 is 35.2 Å². The van der Waals surface area contributed by atoms with E-state index in [1.165, 1.54) is 18.2 Å². The Morgan fingerprint density at radius 1 is 1.10 bits per heavy atom. The van der Waals surface area contributed by atoms with Gasteiger partial charge in [-0.3, -0.25) is 4.79 Å². The minimum absolute atomic E-state index is 0.104. The van der Waals surface area contributed by atoms with Gasteiger partial charge < -0.3 is 4.90 Å². The highest BCUT2D eigenvalue weighted by atomic mass is 32.2. The molecule has 1 unspecified atom stereocenters. The maximum Gasteiger partial charge on any atom is 0.406 e. The zero-order chi connectivity index (χ0) is 22.3. The van der Waals surface area contributed by atoms with Gasteiger partial charge in [0.1, 0.15) is 6.54 Å². The molecule has 11 heteroatoms. The molecule has 1 aliphatic heterocycles. The van der Waals surface area contributed by atoms with Crippen molar-refractivity contribution in [1.82, 2.24) is 4.72 Å². The van der Waals surface area contributed by atoms with Crippen molar-refractivity contribution in [2.24, 2.45) is 0 Å². The second kappa shape index (κ2) is 7.95. The highest BCUT2D eigenvalue weighted by molar-refractivity contribution is 7.89. The molecule has 1 aliphatic rings. The van der Waals surface area contributed by atoms with Crippen LogP contribution >= 0.6 is 0 Å². The van der Waals surface area contributed by atoms with E-state index in [2.05, 4.69) is 4.72 Å². The molecule has 2 aromatic rings. The van der Waals surface area contributed by atoms with Crippen LogP contribution in [-0.4, -0.2) is 27.0 Å². The third-order valence-electron chi connectivity index (χ3n) is 4.70. The fourth-order valence-electron chi connectivity index (χ4n) is 3.23. The summed E-state index contributed by atoms with van der Waals surface area (Å²) >= 11 is 0. The van der Waals surface area contributed by atoms with Gasteiger partial charge in [0, 0.05) is 18.7 Å². The Labute approximate surface area is 169 Å². The average molecular weight is 448 g/mol. The molecule has 1 atom stereocenters. The van der Waals surface area contributed by atoms with Crippen molar-refractivity contribution in [3.8, 4) is 0 Å². The largest absolute Gasteiger partial charge is 0.406 e. The molecule has 1 amide bonds. The second-order valence-electron chi connectivity index (χ2n) is 6.99. The number of hydrogen-bond acceptors (Lipinski definition) is 3. The Morgan fingerprint density at radius 3 is 2.43 bits per heavy atom. The molecule has 5 nitrogen and oxygen atoms in total. The summed E-state index contributed by atoms with van der Waals surface area (Å²) in [4.78, 5) is 12.3. The standard InChI is InChI=1S/C19H17F5N2O3S/c1-11-6-18(27)26(10-19(22,23)24)17-5-2-12(7-14(11)17)9-25-30(28,29)13-3-4-15(20)16(21)8-13/h2-5,7-8,11,25H,6,9-10H2,1H3. The summed E-state index contributed by atoms with van der Waals surface area (Å²) in [7, 11) is -4.15. The zero-order valence-electron chi connectivity index (χ0n) is 15.6. The van der Waals surface area contributed by atoms with Crippen molar-refractivity contribution in [1.29, 1.82) is 0 Å². The van der Waals surface area contributed by atoms with Gasteiger partial charge in [0.2, 0.25) is 15.9 Å². The molecular formula is C19H17F5N2O3S. The van der Waals surface area contributed by atoms with Crippen LogP contribution in [0.3, 0.4) is 0 Å². The molecule has 0 aliphatic carbocycles. The molecule has 30 heavy (non-hydrogen) atoms. The molecule has 0 saturated carbocycles. The van der Waals surface area contributed by atoms with Gasteiger partial charge in [0.05, 0.1) is 4.90 Å². The molecule has 0 radical (unpaired) electrons. The Kier molecular flexibility index (Phi) is 5.87. The van der Waals surface area contributed by atoms with Crippen LogP contribution in [0.5, 0.6) is 0 Å². The quantitative estimate of drug-likeness (QED) is 0.707. The maximum absolute atomic E-state index is 13.3. The van der Waals surface area contributed by atoms with Crippen LogP contribution < -0.4 is 9.62 Å². The van der Waals surface area contributed by atoms with Crippen molar-refractivity contribution in [2.75, 3.05) is 11.4 Å². The minimum Gasteiger partial charge on any atom is -0.303 e. The Bertz CT molecular complexity index is 1090. The number of rotatable bonds is 5. The van der Waals surface area contributed by atoms with Gasteiger partial charge in [0.25, 0.3) is 0 Å². The monoisotopic (exact) mass is 448 g/mol. The van der Waals surface area contributed by atoms with E-state index in [9.17, 15) is 35.2 Å². The van der Waals surface area contributed by atoms with Crippen molar-refractivity contribution >= 4 is 21.6 Å². The predicted octanol–water partition coefficient (Wildman–Crippen LogP) is 3.85. The number of carbonyl (C=O) groups excluding carboxylic acids is 1. The molecule has 0 spiro atoms. The van der Waals surface area contributed by atoms with Crippen LogP contribution in [0.2, 0.25) is 0 Å². The summed E-state index contributed by atoms with van der Waals surface area (Å²) in [6.07, 6.45) is -4.67. The fraction of sp³-hybridized carbons (Fsp3) is 0.316. The fourth-order valence-corrected chi connectivity index (χ4v) is 4.26. The maximum atomic E-state index is 13.3. The molecule has 3 rings (SSSR count). The van der Waals surface area contributed by atoms with E-state index in [0.717, 1.165) is 6.07 Å². The lowest BCUT2D eigenvalue weighted by Gasteiger charge is -2.33. The van der Waals surface area contributed by atoms with Gasteiger partial charge in [0.15, 0.2) is 11.6 Å². The first-order chi connectivity index (χ1) is 13.9. The molecule has 0 aromatic heterocycles.